The van der Waals surface area contributed by atoms with E-state index in [4.69, 9.17) is 9.72 Å². The second-order valence-electron chi connectivity index (χ2n) is 8.44. The molecule has 33 heavy (non-hydrogen) atoms. The normalized spacial score (nSPS) is 12.6. The van der Waals surface area contributed by atoms with Crippen LogP contribution in [0.15, 0.2) is 103 Å². The highest BCUT2D eigenvalue weighted by Crippen LogP contribution is 2.37. The average Bonchev–Trinajstić information content (AvgIpc) is 3.37. The molecule has 156 valence electrons. The number of pyridine rings is 1. The zero-order valence-electron chi connectivity index (χ0n) is 17.9. The van der Waals surface area contributed by atoms with Crippen molar-refractivity contribution in [2.24, 2.45) is 0 Å². The molecule has 1 aliphatic heterocycles. The van der Waals surface area contributed by atoms with Gasteiger partial charge in [-0.3, -0.25) is 0 Å². The number of aromatic nitrogens is 1. The van der Waals surface area contributed by atoms with Crippen LogP contribution in [0.5, 0.6) is 5.75 Å². The van der Waals surface area contributed by atoms with Crippen LogP contribution in [0.3, 0.4) is 0 Å². The number of nitrogens with one attached hydrogen (secondary N) is 1. The number of hydrogen-bond acceptors (Lipinski definition) is 3. The van der Waals surface area contributed by atoms with E-state index in [0.29, 0.717) is 6.73 Å². The topological polar surface area (TPSA) is 34.1 Å². The van der Waals surface area contributed by atoms with E-state index < -0.39 is 0 Å². The van der Waals surface area contributed by atoms with Gasteiger partial charge in [-0.2, -0.15) is 0 Å². The minimum atomic E-state index is 0.520. The molecule has 0 unspecified atom stereocenters. The molecule has 5 aromatic carbocycles. The van der Waals surface area contributed by atoms with Crippen molar-refractivity contribution in [2.75, 3.05) is 12.0 Å². The number of ether oxygens (including phenoxy) is 1. The van der Waals surface area contributed by atoms with Gasteiger partial charge in [-0.25, -0.2) is 4.98 Å². The van der Waals surface area contributed by atoms with Gasteiger partial charge in [0.15, 0.2) is 6.73 Å². The van der Waals surface area contributed by atoms with Crippen LogP contribution < -0.4 is 10.1 Å². The summed E-state index contributed by atoms with van der Waals surface area (Å²) in [5.41, 5.74) is 5.10. The Bertz CT molecular complexity index is 1670. The van der Waals surface area contributed by atoms with E-state index in [2.05, 4.69) is 108 Å². The van der Waals surface area contributed by atoms with Gasteiger partial charge in [0.25, 0.3) is 0 Å². The first-order valence-electron chi connectivity index (χ1n) is 11.2. The quantitative estimate of drug-likeness (QED) is 0.290. The third-order valence-corrected chi connectivity index (χ3v) is 6.56. The van der Waals surface area contributed by atoms with E-state index in [1.54, 1.807) is 0 Å². The van der Waals surface area contributed by atoms with Crippen molar-refractivity contribution in [3.8, 4) is 28.3 Å². The molecule has 7 rings (SSSR count). The number of anilines is 1. The van der Waals surface area contributed by atoms with Crippen LogP contribution in [0.4, 0.5) is 5.69 Å². The van der Waals surface area contributed by atoms with Crippen molar-refractivity contribution in [2.45, 2.75) is 0 Å². The Morgan fingerprint density at radius 2 is 1.12 bits per heavy atom. The van der Waals surface area contributed by atoms with Gasteiger partial charge >= 0.3 is 0 Å². The Hall–Kier alpha value is -4.37. The van der Waals surface area contributed by atoms with Crippen molar-refractivity contribution < 1.29 is 4.74 Å². The first-order valence-corrected chi connectivity index (χ1v) is 11.2. The molecule has 0 saturated heterocycles. The second kappa shape index (κ2) is 7.07. The molecule has 3 nitrogen and oxygen atoms in total. The first-order chi connectivity index (χ1) is 16.3. The van der Waals surface area contributed by atoms with Gasteiger partial charge in [0.2, 0.25) is 0 Å². The van der Waals surface area contributed by atoms with E-state index in [1.165, 1.54) is 32.3 Å². The molecule has 0 spiro atoms. The van der Waals surface area contributed by atoms with Crippen LogP contribution in [-0.2, 0) is 0 Å². The summed E-state index contributed by atoms with van der Waals surface area (Å²) in [6, 6.07) is 36.5. The maximum atomic E-state index is 5.66. The van der Waals surface area contributed by atoms with Gasteiger partial charge in [0.05, 0.1) is 17.1 Å². The number of hydrogen-bond donors (Lipinski definition) is 1. The van der Waals surface area contributed by atoms with Crippen molar-refractivity contribution in [1.29, 1.82) is 0 Å². The lowest BCUT2D eigenvalue weighted by Gasteiger charge is -2.12. The Morgan fingerprint density at radius 1 is 0.545 bits per heavy atom. The van der Waals surface area contributed by atoms with Crippen LogP contribution in [0.1, 0.15) is 0 Å². The Morgan fingerprint density at radius 3 is 1.82 bits per heavy atom. The maximum absolute atomic E-state index is 5.66. The lowest BCUT2D eigenvalue weighted by Crippen LogP contribution is -1.96. The third-order valence-electron chi connectivity index (χ3n) is 6.56. The van der Waals surface area contributed by atoms with Gasteiger partial charge in [-0.05, 0) is 62.6 Å². The third kappa shape index (κ3) is 2.86. The van der Waals surface area contributed by atoms with Crippen LogP contribution in [-0.4, -0.2) is 11.7 Å². The van der Waals surface area contributed by atoms with E-state index in [-0.39, 0.29) is 0 Å². The highest BCUT2D eigenvalue weighted by molar-refractivity contribution is 6.25. The molecule has 2 heterocycles. The SMILES string of the molecule is c1cc(-c2ccc3c(c2)OCN3)nc(-c2ccc3c4ccccc4c4ccccc4c3c2)c1. The van der Waals surface area contributed by atoms with Crippen LogP contribution >= 0.6 is 0 Å². The lowest BCUT2D eigenvalue weighted by molar-refractivity contribution is 0.372. The van der Waals surface area contributed by atoms with Gasteiger partial charge in [0.1, 0.15) is 5.75 Å². The summed E-state index contributed by atoms with van der Waals surface area (Å²) in [5.74, 6) is 0.878. The van der Waals surface area contributed by atoms with E-state index in [9.17, 15) is 0 Å². The van der Waals surface area contributed by atoms with Crippen LogP contribution in [0.2, 0.25) is 0 Å². The Labute approximate surface area is 191 Å². The fourth-order valence-corrected chi connectivity index (χ4v) is 4.96. The largest absolute Gasteiger partial charge is 0.471 e. The van der Waals surface area contributed by atoms with Gasteiger partial charge in [-0.1, -0.05) is 72.8 Å². The predicted octanol–water partition coefficient (Wildman–Crippen LogP) is 7.64. The molecule has 0 aliphatic carbocycles. The fourth-order valence-electron chi connectivity index (χ4n) is 4.96. The molecular weight excluding hydrogens is 404 g/mol. The van der Waals surface area contributed by atoms with E-state index in [1.807, 2.05) is 0 Å². The molecule has 0 radical (unpaired) electrons. The number of nitrogens with zero attached hydrogens (tertiary/aromatic N) is 1. The molecule has 1 aromatic heterocycles. The maximum Gasteiger partial charge on any atom is 0.159 e. The summed E-state index contributed by atoms with van der Waals surface area (Å²) in [5, 5.41) is 10.9. The molecule has 0 saturated carbocycles. The zero-order chi connectivity index (χ0) is 21.8. The summed E-state index contributed by atoms with van der Waals surface area (Å²) in [4.78, 5) is 5.01. The van der Waals surface area contributed by atoms with Crippen molar-refractivity contribution in [3.63, 3.8) is 0 Å². The summed E-state index contributed by atoms with van der Waals surface area (Å²) in [6.07, 6.45) is 0. The standard InChI is InChI=1S/C30H20N2O/c1-2-8-23-21(6-1)22-7-3-4-9-24(22)26-16-19(12-14-25(23)26)27-10-5-11-28(32-27)20-13-15-29-30(17-20)33-18-31-29/h1-17,31H,18H2. The minimum absolute atomic E-state index is 0.520. The van der Waals surface area contributed by atoms with Crippen LogP contribution in [0, 0.1) is 0 Å². The molecule has 0 bridgehead atoms. The number of benzene rings is 5. The molecule has 1 aliphatic rings. The zero-order valence-corrected chi connectivity index (χ0v) is 17.9. The predicted molar refractivity (Wildman–Crippen MR) is 137 cm³/mol. The monoisotopic (exact) mass is 424 g/mol. The fraction of sp³-hybridized carbons (Fsp3) is 0.0333. The summed E-state index contributed by atoms with van der Waals surface area (Å²) < 4.78 is 5.66. The molecule has 0 atom stereocenters. The van der Waals surface area contributed by atoms with Crippen molar-refractivity contribution >= 4 is 38.0 Å². The molecule has 0 amide bonds. The van der Waals surface area contributed by atoms with Crippen molar-refractivity contribution in [3.05, 3.63) is 103 Å². The van der Waals surface area contributed by atoms with E-state index >= 15 is 0 Å². The second-order valence-corrected chi connectivity index (χ2v) is 8.44. The van der Waals surface area contributed by atoms with Crippen molar-refractivity contribution in [1.82, 2.24) is 4.98 Å². The van der Waals surface area contributed by atoms with Gasteiger partial charge in [0, 0.05) is 11.1 Å². The molecule has 6 aromatic rings. The summed E-state index contributed by atoms with van der Waals surface area (Å²) in [6.45, 7) is 0.520. The molecule has 3 heteroatoms. The minimum Gasteiger partial charge on any atom is -0.471 e. The molecule has 0 fully saturated rings. The van der Waals surface area contributed by atoms with E-state index in [0.717, 1.165) is 34.0 Å². The lowest BCUT2D eigenvalue weighted by atomic mass is 9.93. The Kier molecular flexibility index (Phi) is 3.91. The molecular formula is C30H20N2O. The average molecular weight is 425 g/mol. The number of rotatable bonds is 2. The molecule has 1 N–H and O–H groups in total. The van der Waals surface area contributed by atoms with Gasteiger partial charge < -0.3 is 10.1 Å². The van der Waals surface area contributed by atoms with Gasteiger partial charge in [-0.15, -0.1) is 0 Å². The van der Waals surface area contributed by atoms with Crippen LogP contribution in [0.25, 0.3) is 54.8 Å². The Balaban J connectivity index is 1.42. The smallest absolute Gasteiger partial charge is 0.159 e. The summed E-state index contributed by atoms with van der Waals surface area (Å²) >= 11 is 0. The summed E-state index contributed by atoms with van der Waals surface area (Å²) in [7, 11) is 0. The highest BCUT2D eigenvalue weighted by atomic mass is 16.5. The highest BCUT2D eigenvalue weighted by Gasteiger charge is 2.14. The first kappa shape index (κ1) is 18.2. The number of fused-ring (bicyclic) bond motifs is 7.